The molecule has 0 aromatic heterocycles. The lowest BCUT2D eigenvalue weighted by Crippen LogP contribution is -2.40. The van der Waals surface area contributed by atoms with Gasteiger partial charge >= 0.3 is 0 Å². The minimum absolute atomic E-state index is 0.0955. The third-order valence-electron chi connectivity index (χ3n) is 2.95. The summed E-state index contributed by atoms with van der Waals surface area (Å²) in [4.78, 5) is 11.6. The molecule has 0 unspecified atom stereocenters. The zero-order valence-electron chi connectivity index (χ0n) is 11.1. The van der Waals surface area contributed by atoms with Gasteiger partial charge in [-0.3, -0.25) is 4.79 Å². The second-order valence-corrected chi connectivity index (χ2v) is 6.67. The van der Waals surface area contributed by atoms with Crippen molar-refractivity contribution in [1.82, 2.24) is 14.9 Å². The highest BCUT2D eigenvalue weighted by atomic mass is 32.2. The van der Waals surface area contributed by atoms with Crippen LogP contribution in [-0.2, 0) is 14.8 Å². The molecule has 7 heteroatoms. The number of carbonyl (C=O) groups is 1. The summed E-state index contributed by atoms with van der Waals surface area (Å²) in [5, 5.41) is 5.99. The van der Waals surface area contributed by atoms with E-state index in [1.165, 1.54) is 4.31 Å². The molecular weight excluding hydrogens is 254 g/mol. The van der Waals surface area contributed by atoms with E-state index in [1.54, 1.807) is 0 Å². The summed E-state index contributed by atoms with van der Waals surface area (Å²) in [6, 6.07) is 0.231. The van der Waals surface area contributed by atoms with Gasteiger partial charge in [0.1, 0.15) is 0 Å². The zero-order chi connectivity index (χ0) is 13.6. The van der Waals surface area contributed by atoms with E-state index in [0.29, 0.717) is 26.1 Å². The predicted octanol–water partition coefficient (Wildman–Crippen LogP) is -0.474. The van der Waals surface area contributed by atoms with Crippen LogP contribution >= 0.6 is 0 Å². The molecule has 18 heavy (non-hydrogen) atoms. The van der Waals surface area contributed by atoms with E-state index < -0.39 is 10.0 Å². The summed E-state index contributed by atoms with van der Waals surface area (Å²) in [5.41, 5.74) is 0. The Hall–Kier alpha value is -0.660. The lowest BCUT2D eigenvalue weighted by atomic mass is 10.3. The smallest absolute Gasteiger partial charge is 0.221 e. The van der Waals surface area contributed by atoms with Gasteiger partial charge < -0.3 is 10.6 Å². The number of hydrogen-bond donors (Lipinski definition) is 2. The number of rotatable bonds is 7. The fraction of sp³-hybridized carbons (Fsp3) is 0.909. The highest BCUT2D eigenvalue weighted by molar-refractivity contribution is 7.89. The standard InChI is InChI=1S/C11H23N3O3S/c1-3-12-10(2)9-13-11(15)5-7-14-6-4-8-18(14,16)17/h10,12H,3-9H2,1-2H3,(H,13,15)/t10-/m1/s1. The van der Waals surface area contributed by atoms with Crippen LogP contribution in [0, 0.1) is 0 Å². The molecule has 6 nitrogen and oxygen atoms in total. The zero-order valence-corrected chi connectivity index (χ0v) is 11.9. The van der Waals surface area contributed by atoms with Crippen LogP contribution in [0.4, 0.5) is 0 Å². The molecule has 0 saturated carbocycles. The molecule has 0 aliphatic carbocycles. The highest BCUT2D eigenvalue weighted by Gasteiger charge is 2.28. The Labute approximate surface area is 109 Å². The molecule has 0 spiro atoms. The summed E-state index contributed by atoms with van der Waals surface area (Å²) < 4.78 is 24.4. The van der Waals surface area contributed by atoms with Crippen molar-refractivity contribution in [3.05, 3.63) is 0 Å². The fourth-order valence-corrected chi connectivity index (χ4v) is 3.47. The number of nitrogens with zero attached hydrogens (tertiary/aromatic N) is 1. The molecule has 1 heterocycles. The maximum Gasteiger partial charge on any atom is 0.221 e. The first kappa shape index (κ1) is 15.4. The maximum atomic E-state index is 11.6. The van der Waals surface area contributed by atoms with E-state index in [1.807, 2.05) is 13.8 Å². The predicted molar refractivity (Wildman–Crippen MR) is 70.7 cm³/mol. The van der Waals surface area contributed by atoms with Crippen molar-refractivity contribution in [1.29, 1.82) is 0 Å². The molecule has 0 bridgehead atoms. The van der Waals surface area contributed by atoms with Gasteiger partial charge in [0.05, 0.1) is 5.75 Å². The minimum Gasteiger partial charge on any atom is -0.355 e. The third kappa shape index (κ3) is 4.91. The average Bonchev–Trinajstić information content (AvgIpc) is 2.63. The highest BCUT2D eigenvalue weighted by Crippen LogP contribution is 2.13. The number of nitrogens with one attached hydrogen (secondary N) is 2. The Morgan fingerprint density at radius 1 is 1.44 bits per heavy atom. The number of hydrogen-bond acceptors (Lipinski definition) is 4. The van der Waals surface area contributed by atoms with E-state index in [4.69, 9.17) is 0 Å². The van der Waals surface area contributed by atoms with Gasteiger partial charge in [0.25, 0.3) is 0 Å². The molecule has 0 aromatic rings. The van der Waals surface area contributed by atoms with Crippen molar-refractivity contribution >= 4 is 15.9 Å². The van der Waals surface area contributed by atoms with E-state index in [-0.39, 0.29) is 24.1 Å². The molecule has 106 valence electrons. The van der Waals surface area contributed by atoms with Crippen LogP contribution < -0.4 is 10.6 Å². The summed E-state index contributed by atoms with van der Waals surface area (Å²) in [6.45, 7) is 6.28. The van der Waals surface area contributed by atoms with E-state index in [2.05, 4.69) is 10.6 Å². The molecule has 1 aliphatic heterocycles. The molecule has 1 aliphatic rings. The van der Waals surface area contributed by atoms with E-state index in [9.17, 15) is 13.2 Å². The SMILES string of the molecule is CCN[C@H](C)CNC(=O)CCN1CCCS1(=O)=O. The quantitative estimate of drug-likeness (QED) is 0.659. The van der Waals surface area contributed by atoms with Gasteiger partial charge in [-0.2, -0.15) is 0 Å². The maximum absolute atomic E-state index is 11.6. The van der Waals surface area contributed by atoms with Gasteiger partial charge in [-0.1, -0.05) is 6.92 Å². The second kappa shape index (κ2) is 7.06. The first-order valence-electron chi connectivity index (χ1n) is 6.43. The van der Waals surface area contributed by atoms with Crippen molar-refractivity contribution < 1.29 is 13.2 Å². The summed E-state index contributed by atoms with van der Waals surface area (Å²) in [7, 11) is -3.08. The van der Waals surface area contributed by atoms with Crippen LogP contribution in [0.2, 0.25) is 0 Å². The molecule has 2 N–H and O–H groups in total. The van der Waals surface area contributed by atoms with Gasteiger partial charge in [0.2, 0.25) is 15.9 Å². The normalized spacial score (nSPS) is 20.8. The largest absolute Gasteiger partial charge is 0.355 e. The van der Waals surface area contributed by atoms with Crippen molar-refractivity contribution in [3.63, 3.8) is 0 Å². The number of likely N-dealkylation sites (N-methyl/N-ethyl adjacent to an activating group) is 1. The minimum atomic E-state index is -3.08. The Kier molecular flexibility index (Phi) is 6.04. The molecule has 1 saturated heterocycles. The fourth-order valence-electron chi connectivity index (χ4n) is 1.94. The second-order valence-electron chi connectivity index (χ2n) is 4.58. The van der Waals surface area contributed by atoms with Gasteiger partial charge in [-0.15, -0.1) is 0 Å². The Morgan fingerprint density at radius 2 is 2.17 bits per heavy atom. The van der Waals surface area contributed by atoms with Crippen molar-refractivity contribution in [2.75, 3.05) is 31.9 Å². The van der Waals surface area contributed by atoms with Crippen LogP contribution in [0.5, 0.6) is 0 Å². The molecular formula is C11H23N3O3S. The first-order valence-corrected chi connectivity index (χ1v) is 8.04. The lowest BCUT2D eigenvalue weighted by molar-refractivity contribution is -0.121. The lowest BCUT2D eigenvalue weighted by Gasteiger charge is -2.15. The van der Waals surface area contributed by atoms with Crippen LogP contribution in [0.15, 0.2) is 0 Å². The molecule has 1 fully saturated rings. The third-order valence-corrected chi connectivity index (χ3v) is 4.91. The summed E-state index contributed by atoms with van der Waals surface area (Å²) >= 11 is 0. The van der Waals surface area contributed by atoms with Crippen LogP contribution in [0.3, 0.4) is 0 Å². The molecule has 1 rings (SSSR count). The van der Waals surface area contributed by atoms with Gasteiger partial charge in [-0.25, -0.2) is 12.7 Å². The van der Waals surface area contributed by atoms with Gasteiger partial charge in [0, 0.05) is 32.1 Å². The molecule has 0 aromatic carbocycles. The first-order chi connectivity index (χ1) is 8.45. The Balaban J connectivity index is 2.21. The summed E-state index contributed by atoms with van der Waals surface area (Å²) in [6.07, 6.45) is 0.902. The topological polar surface area (TPSA) is 78.5 Å². The Bertz CT molecular complexity index is 370. The number of carbonyl (C=O) groups excluding carboxylic acids is 1. The van der Waals surface area contributed by atoms with E-state index >= 15 is 0 Å². The number of sulfonamides is 1. The van der Waals surface area contributed by atoms with Crippen molar-refractivity contribution in [3.8, 4) is 0 Å². The van der Waals surface area contributed by atoms with Crippen LogP contribution in [0.25, 0.3) is 0 Å². The Morgan fingerprint density at radius 3 is 2.72 bits per heavy atom. The summed E-state index contributed by atoms with van der Waals surface area (Å²) in [5.74, 6) is 0.119. The molecule has 1 amide bonds. The van der Waals surface area contributed by atoms with Crippen LogP contribution in [0.1, 0.15) is 26.7 Å². The monoisotopic (exact) mass is 277 g/mol. The van der Waals surface area contributed by atoms with Gasteiger partial charge in [0.15, 0.2) is 0 Å². The number of amides is 1. The van der Waals surface area contributed by atoms with E-state index in [0.717, 1.165) is 6.54 Å². The molecule has 1 atom stereocenters. The van der Waals surface area contributed by atoms with Crippen molar-refractivity contribution in [2.45, 2.75) is 32.7 Å². The molecule has 0 radical (unpaired) electrons. The van der Waals surface area contributed by atoms with Crippen LogP contribution in [-0.4, -0.2) is 56.6 Å². The van der Waals surface area contributed by atoms with Crippen molar-refractivity contribution in [2.24, 2.45) is 0 Å². The van der Waals surface area contributed by atoms with Gasteiger partial charge in [-0.05, 0) is 19.9 Å². The average molecular weight is 277 g/mol.